The van der Waals surface area contributed by atoms with Crippen molar-refractivity contribution in [3.8, 4) is 0 Å². The number of ether oxygens (including phenoxy) is 3. The first-order chi connectivity index (χ1) is 7.44. The van der Waals surface area contributed by atoms with E-state index in [9.17, 15) is 9.90 Å². The summed E-state index contributed by atoms with van der Waals surface area (Å²) >= 11 is 0. The summed E-state index contributed by atoms with van der Waals surface area (Å²) < 4.78 is 15.9. The van der Waals surface area contributed by atoms with Crippen LogP contribution >= 0.6 is 0 Å². The molecule has 0 spiro atoms. The normalized spacial score (nSPS) is 41.5. The van der Waals surface area contributed by atoms with Crippen molar-refractivity contribution < 1.29 is 24.1 Å². The van der Waals surface area contributed by atoms with Gasteiger partial charge >= 0.3 is 5.97 Å². The molecule has 16 heavy (non-hydrogen) atoms. The van der Waals surface area contributed by atoms with E-state index < -0.39 is 36.1 Å². The minimum Gasteiger partial charge on any atom is -0.468 e. The molecule has 2 rings (SSSR count). The Balaban J connectivity index is 2.17. The monoisotopic (exact) mass is 231 g/mol. The first-order valence-corrected chi connectivity index (χ1v) is 5.29. The second-order valence-electron chi connectivity index (χ2n) is 4.54. The Hall–Kier alpha value is -0.690. The number of nitrogens with one attached hydrogen (secondary N) is 1. The van der Waals surface area contributed by atoms with Crippen molar-refractivity contribution in [2.45, 2.75) is 44.0 Å². The molecule has 0 radical (unpaired) electrons. The molecule has 2 aliphatic heterocycles. The Labute approximate surface area is 93.9 Å². The molecule has 6 nitrogen and oxygen atoms in total. The van der Waals surface area contributed by atoms with Crippen molar-refractivity contribution in [1.82, 2.24) is 5.32 Å². The predicted octanol–water partition coefficient (Wildman–Crippen LogP) is -0.988. The molecular weight excluding hydrogens is 214 g/mol. The van der Waals surface area contributed by atoms with Crippen molar-refractivity contribution in [2.75, 3.05) is 13.7 Å². The van der Waals surface area contributed by atoms with Crippen LogP contribution in [0, 0.1) is 0 Å². The van der Waals surface area contributed by atoms with Gasteiger partial charge in [0.2, 0.25) is 0 Å². The zero-order chi connectivity index (χ0) is 11.9. The number of aliphatic hydroxyl groups is 1. The Morgan fingerprint density at radius 1 is 1.44 bits per heavy atom. The van der Waals surface area contributed by atoms with Crippen molar-refractivity contribution in [3.05, 3.63) is 0 Å². The highest BCUT2D eigenvalue weighted by Gasteiger charge is 2.53. The number of carbonyl (C=O) groups excluding carboxylic acids is 1. The van der Waals surface area contributed by atoms with Crippen LogP contribution in [0.1, 0.15) is 13.8 Å². The summed E-state index contributed by atoms with van der Waals surface area (Å²) in [4.78, 5) is 11.5. The Bertz CT molecular complexity index is 293. The highest BCUT2D eigenvalue weighted by molar-refractivity contribution is 5.76. The number of hydrogen-bond acceptors (Lipinski definition) is 6. The average Bonchev–Trinajstić information content (AvgIpc) is 2.54. The highest BCUT2D eigenvalue weighted by Crippen LogP contribution is 2.33. The lowest BCUT2D eigenvalue weighted by Crippen LogP contribution is -2.61. The molecule has 6 heteroatoms. The molecule has 2 heterocycles. The average molecular weight is 231 g/mol. The van der Waals surface area contributed by atoms with Crippen molar-refractivity contribution in [2.24, 2.45) is 0 Å². The molecule has 4 atom stereocenters. The molecule has 0 aromatic rings. The van der Waals surface area contributed by atoms with Gasteiger partial charge in [0.15, 0.2) is 5.79 Å². The van der Waals surface area contributed by atoms with E-state index in [1.54, 1.807) is 13.8 Å². The predicted molar refractivity (Wildman–Crippen MR) is 53.6 cm³/mol. The Morgan fingerprint density at radius 3 is 2.69 bits per heavy atom. The molecule has 2 fully saturated rings. The van der Waals surface area contributed by atoms with Crippen LogP contribution in [0.25, 0.3) is 0 Å². The Kier molecular flexibility index (Phi) is 2.91. The second kappa shape index (κ2) is 3.96. The van der Waals surface area contributed by atoms with E-state index in [4.69, 9.17) is 9.47 Å². The van der Waals surface area contributed by atoms with E-state index in [0.29, 0.717) is 6.54 Å². The number of esters is 1. The fourth-order valence-corrected chi connectivity index (χ4v) is 2.20. The van der Waals surface area contributed by atoms with Crippen LogP contribution in [-0.4, -0.2) is 54.9 Å². The van der Waals surface area contributed by atoms with Crippen LogP contribution in [-0.2, 0) is 19.0 Å². The van der Waals surface area contributed by atoms with Crippen molar-refractivity contribution in [3.63, 3.8) is 0 Å². The van der Waals surface area contributed by atoms with Gasteiger partial charge in [-0.1, -0.05) is 0 Å². The quantitative estimate of drug-likeness (QED) is 0.564. The maximum Gasteiger partial charge on any atom is 0.325 e. The lowest BCUT2D eigenvalue weighted by atomic mass is 9.96. The molecule has 0 aromatic heterocycles. The molecule has 92 valence electrons. The molecule has 0 unspecified atom stereocenters. The molecular formula is C10H17NO5. The van der Waals surface area contributed by atoms with Crippen molar-refractivity contribution >= 4 is 5.97 Å². The molecule has 2 saturated heterocycles. The molecule has 0 amide bonds. The van der Waals surface area contributed by atoms with Gasteiger partial charge in [-0.2, -0.15) is 0 Å². The summed E-state index contributed by atoms with van der Waals surface area (Å²) in [7, 11) is 1.32. The van der Waals surface area contributed by atoms with Gasteiger partial charge in [-0.3, -0.25) is 10.1 Å². The minimum atomic E-state index is -0.783. The van der Waals surface area contributed by atoms with Gasteiger partial charge < -0.3 is 19.3 Å². The third-order valence-corrected chi connectivity index (χ3v) is 2.87. The maximum atomic E-state index is 11.5. The molecule has 2 N–H and O–H groups in total. The zero-order valence-corrected chi connectivity index (χ0v) is 9.60. The second-order valence-corrected chi connectivity index (χ2v) is 4.54. The van der Waals surface area contributed by atoms with E-state index in [0.717, 1.165) is 0 Å². The Morgan fingerprint density at radius 2 is 2.06 bits per heavy atom. The lowest BCUT2D eigenvalue weighted by molar-refractivity contribution is -0.158. The summed E-state index contributed by atoms with van der Waals surface area (Å²) in [5.41, 5.74) is 0. The van der Waals surface area contributed by atoms with Crippen molar-refractivity contribution in [1.29, 1.82) is 0 Å². The van der Waals surface area contributed by atoms with Crippen LogP contribution in [0.3, 0.4) is 0 Å². The fourth-order valence-electron chi connectivity index (χ4n) is 2.20. The summed E-state index contributed by atoms with van der Waals surface area (Å²) in [6, 6.07) is -0.583. The lowest BCUT2D eigenvalue weighted by Gasteiger charge is -2.33. The molecule has 0 saturated carbocycles. The van der Waals surface area contributed by atoms with Gasteiger partial charge in [0, 0.05) is 6.54 Å². The number of fused-ring (bicyclic) bond motifs is 1. The largest absolute Gasteiger partial charge is 0.468 e. The van der Waals surface area contributed by atoms with Crippen LogP contribution in [0.2, 0.25) is 0 Å². The summed E-state index contributed by atoms with van der Waals surface area (Å²) in [6.07, 6.45) is -1.67. The zero-order valence-electron chi connectivity index (χ0n) is 9.60. The fraction of sp³-hybridized carbons (Fsp3) is 0.900. The summed E-state index contributed by atoms with van der Waals surface area (Å²) in [5, 5.41) is 12.7. The molecule has 2 aliphatic rings. The first kappa shape index (κ1) is 11.8. The van der Waals surface area contributed by atoms with Gasteiger partial charge in [-0.15, -0.1) is 0 Å². The van der Waals surface area contributed by atoms with Crippen LogP contribution in [0.5, 0.6) is 0 Å². The number of rotatable bonds is 1. The van der Waals surface area contributed by atoms with Crippen LogP contribution in [0.4, 0.5) is 0 Å². The van der Waals surface area contributed by atoms with Gasteiger partial charge in [0.05, 0.1) is 13.2 Å². The number of hydrogen-bond donors (Lipinski definition) is 2. The molecule has 0 aromatic carbocycles. The standard InChI is InChI=1S/C10H17NO5/c1-10(2)15-7-5(12)4-11-6(8(7)16-10)9(13)14-3/h5-8,11-12H,4H2,1-3H3/t5-,6-,7-,8-/m1/s1. The summed E-state index contributed by atoms with van der Waals surface area (Å²) in [5.74, 6) is -1.18. The maximum absolute atomic E-state index is 11.5. The third-order valence-electron chi connectivity index (χ3n) is 2.87. The first-order valence-electron chi connectivity index (χ1n) is 5.29. The highest BCUT2D eigenvalue weighted by atomic mass is 16.8. The topological polar surface area (TPSA) is 77.0 Å². The number of aliphatic hydroxyl groups excluding tert-OH is 1. The van der Waals surface area contributed by atoms with Gasteiger partial charge in [0.1, 0.15) is 18.2 Å². The third kappa shape index (κ3) is 1.93. The van der Waals surface area contributed by atoms with E-state index >= 15 is 0 Å². The van der Waals surface area contributed by atoms with E-state index in [2.05, 4.69) is 10.1 Å². The molecule has 0 aliphatic carbocycles. The van der Waals surface area contributed by atoms with E-state index in [1.807, 2.05) is 0 Å². The number of piperidine rings is 1. The van der Waals surface area contributed by atoms with Gasteiger partial charge in [-0.05, 0) is 13.8 Å². The van der Waals surface area contributed by atoms with Gasteiger partial charge in [-0.25, -0.2) is 0 Å². The smallest absolute Gasteiger partial charge is 0.325 e. The van der Waals surface area contributed by atoms with Crippen LogP contribution in [0.15, 0.2) is 0 Å². The minimum absolute atomic E-state index is 0.292. The van der Waals surface area contributed by atoms with E-state index in [1.165, 1.54) is 7.11 Å². The van der Waals surface area contributed by atoms with Gasteiger partial charge in [0.25, 0.3) is 0 Å². The SMILES string of the molecule is COC(=O)[C@@H]1NC[C@@H](O)[C@H]2OC(C)(C)O[C@@H]21. The van der Waals surface area contributed by atoms with Crippen LogP contribution < -0.4 is 5.32 Å². The number of methoxy groups -OCH3 is 1. The number of carbonyl (C=O) groups is 1. The molecule has 0 bridgehead atoms. The van der Waals surface area contributed by atoms with E-state index in [-0.39, 0.29) is 0 Å². The number of β-amino-alcohol motifs (C(OH)–C–C–N with tert-alkyl or cyclic N) is 1. The summed E-state index contributed by atoms with van der Waals surface area (Å²) in [6.45, 7) is 3.80.